The Morgan fingerprint density at radius 1 is 0.939 bits per heavy atom. The number of hydrogen-bond acceptors (Lipinski definition) is 1. The van der Waals surface area contributed by atoms with E-state index in [9.17, 15) is 0 Å². The number of aryl methyl sites for hydroxylation is 4. The minimum atomic E-state index is 0.926. The quantitative estimate of drug-likeness (QED) is 0.365. The molecule has 1 heterocycles. The van der Waals surface area contributed by atoms with Crippen LogP contribution in [0.25, 0.3) is 11.6 Å². The van der Waals surface area contributed by atoms with Crippen LogP contribution in [0.4, 0.5) is 0 Å². The van der Waals surface area contributed by atoms with E-state index in [1.165, 1.54) is 63.8 Å². The number of nitrogens with zero attached hydrogens (tertiary/aromatic N) is 1. The molecule has 2 aromatic carbocycles. The molecule has 0 fully saturated rings. The second-order valence-electron chi connectivity index (χ2n) is 8.79. The summed E-state index contributed by atoms with van der Waals surface area (Å²) in [5, 5.41) is 0. The van der Waals surface area contributed by atoms with Crippen molar-refractivity contribution in [2.24, 2.45) is 0 Å². The summed E-state index contributed by atoms with van der Waals surface area (Å²) in [6.45, 7) is 14.8. The maximum atomic E-state index is 4.54. The second-order valence-corrected chi connectivity index (χ2v) is 8.79. The van der Waals surface area contributed by atoms with Crippen LogP contribution in [-0.2, 0) is 12.8 Å². The van der Waals surface area contributed by atoms with Gasteiger partial charge in [-0.1, -0.05) is 92.2 Å². The fourth-order valence-corrected chi connectivity index (χ4v) is 4.48. The van der Waals surface area contributed by atoms with E-state index in [1.807, 2.05) is 18.3 Å². The van der Waals surface area contributed by atoms with Crippen molar-refractivity contribution in [1.29, 1.82) is 0 Å². The average Bonchev–Trinajstić information content (AvgIpc) is 2.85. The number of pyridine rings is 1. The molecule has 170 valence electrons. The lowest BCUT2D eigenvalue weighted by Crippen LogP contribution is -2.00. The van der Waals surface area contributed by atoms with Crippen molar-refractivity contribution in [2.75, 3.05) is 0 Å². The molecule has 0 aliphatic heterocycles. The molecule has 1 aliphatic carbocycles. The number of benzene rings is 2. The summed E-state index contributed by atoms with van der Waals surface area (Å²) in [6.07, 6.45) is 10.8. The summed E-state index contributed by atoms with van der Waals surface area (Å²) in [5.74, 6) is 0. The molecule has 1 heteroatoms. The minimum Gasteiger partial charge on any atom is -0.261 e. The fourth-order valence-electron chi connectivity index (χ4n) is 4.48. The van der Waals surface area contributed by atoms with Gasteiger partial charge < -0.3 is 0 Å². The molecule has 0 saturated carbocycles. The van der Waals surface area contributed by atoms with Gasteiger partial charge in [-0.25, -0.2) is 0 Å². The summed E-state index contributed by atoms with van der Waals surface area (Å²) in [7, 11) is 0. The lowest BCUT2D eigenvalue weighted by atomic mass is 9.88. The van der Waals surface area contributed by atoms with Crippen LogP contribution in [0.15, 0.2) is 84.6 Å². The number of hydrogen-bond donors (Lipinski definition) is 0. The van der Waals surface area contributed by atoms with Crippen molar-refractivity contribution >= 4 is 11.6 Å². The molecule has 3 aromatic rings. The van der Waals surface area contributed by atoms with Gasteiger partial charge in [-0.3, -0.25) is 4.98 Å². The lowest BCUT2D eigenvalue weighted by molar-refractivity contribution is 0.876. The van der Waals surface area contributed by atoms with Crippen LogP contribution >= 0.6 is 0 Å². The molecule has 0 unspecified atom stereocenters. The van der Waals surface area contributed by atoms with Crippen LogP contribution < -0.4 is 0 Å². The van der Waals surface area contributed by atoms with Crippen molar-refractivity contribution in [3.8, 4) is 0 Å². The smallest absolute Gasteiger partial charge is 0.0479 e. The van der Waals surface area contributed by atoms with Gasteiger partial charge in [-0.05, 0) is 85.9 Å². The maximum absolute atomic E-state index is 4.54. The van der Waals surface area contributed by atoms with Crippen molar-refractivity contribution in [2.45, 2.75) is 60.3 Å². The third-order valence-corrected chi connectivity index (χ3v) is 6.43. The molecule has 0 bridgehead atoms. The Kier molecular flexibility index (Phi) is 8.60. The molecule has 1 aliphatic rings. The lowest BCUT2D eigenvalue weighted by Gasteiger charge is -2.17. The van der Waals surface area contributed by atoms with Gasteiger partial charge in [0, 0.05) is 17.5 Å². The molecular weight excluding hydrogens is 398 g/mol. The van der Waals surface area contributed by atoms with Gasteiger partial charge in [0.1, 0.15) is 0 Å². The van der Waals surface area contributed by atoms with Crippen LogP contribution in [0.1, 0.15) is 72.7 Å². The zero-order valence-corrected chi connectivity index (χ0v) is 20.9. The van der Waals surface area contributed by atoms with Crippen molar-refractivity contribution in [1.82, 2.24) is 4.98 Å². The van der Waals surface area contributed by atoms with E-state index < -0.39 is 0 Å². The zero-order valence-electron chi connectivity index (χ0n) is 20.9. The Labute approximate surface area is 200 Å². The third-order valence-electron chi connectivity index (χ3n) is 6.43. The molecule has 33 heavy (non-hydrogen) atoms. The van der Waals surface area contributed by atoms with Gasteiger partial charge in [0.15, 0.2) is 0 Å². The third kappa shape index (κ3) is 5.99. The van der Waals surface area contributed by atoms with E-state index >= 15 is 0 Å². The minimum absolute atomic E-state index is 0.926. The topological polar surface area (TPSA) is 12.9 Å². The number of allylic oxidation sites excluding steroid dienone is 3. The summed E-state index contributed by atoms with van der Waals surface area (Å²) in [6, 6.07) is 19.5. The Bertz CT molecular complexity index is 1180. The van der Waals surface area contributed by atoms with E-state index in [0.29, 0.717) is 0 Å². The normalized spacial score (nSPS) is 13.2. The van der Waals surface area contributed by atoms with Crippen LogP contribution in [0.2, 0.25) is 0 Å². The number of rotatable bonds is 5. The highest BCUT2D eigenvalue weighted by Crippen LogP contribution is 2.32. The van der Waals surface area contributed by atoms with Crippen LogP contribution in [0.5, 0.6) is 0 Å². The van der Waals surface area contributed by atoms with Crippen LogP contribution in [0, 0.1) is 13.8 Å². The molecular formula is C32H37N. The maximum Gasteiger partial charge on any atom is 0.0479 e. The largest absolute Gasteiger partial charge is 0.261 e. The van der Waals surface area contributed by atoms with Gasteiger partial charge in [-0.15, -0.1) is 0 Å². The summed E-state index contributed by atoms with van der Waals surface area (Å²) >= 11 is 0. The van der Waals surface area contributed by atoms with Gasteiger partial charge in [-0.2, -0.15) is 0 Å². The van der Waals surface area contributed by atoms with Gasteiger partial charge in [0.2, 0.25) is 0 Å². The molecule has 0 spiro atoms. The first-order chi connectivity index (χ1) is 16.0. The number of fused-ring (bicyclic) bond motifs is 1. The van der Waals surface area contributed by atoms with Gasteiger partial charge >= 0.3 is 0 Å². The standard InChI is InChI=1S/C20H23N.C12H14/c1-6-15(4)20(17-11-10-14(3)13-16(17)5)18-9-8-12-21-19(18)7-2;1-2-10-7-8-11-5-3-4-6-12(11)9-10/h6,8-13H,1,7H2,2-5H3;3-6,9H,2,7-8H2,1H3/b20-15-;. The average molecular weight is 436 g/mol. The monoisotopic (exact) mass is 435 g/mol. The molecule has 0 N–H and O–H groups in total. The van der Waals surface area contributed by atoms with E-state index in [2.05, 4.69) is 101 Å². The van der Waals surface area contributed by atoms with Crippen molar-refractivity contribution < 1.29 is 0 Å². The molecule has 0 saturated heterocycles. The molecule has 0 atom stereocenters. The number of aromatic nitrogens is 1. The Hall–Kier alpha value is -3.19. The van der Waals surface area contributed by atoms with Crippen molar-refractivity contribution in [3.63, 3.8) is 0 Å². The Morgan fingerprint density at radius 2 is 1.73 bits per heavy atom. The van der Waals surface area contributed by atoms with E-state index in [-0.39, 0.29) is 0 Å². The highest BCUT2D eigenvalue weighted by atomic mass is 14.7. The molecule has 1 aromatic heterocycles. The molecule has 0 radical (unpaired) electrons. The first-order valence-corrected chi connectivity index (χ1v) is 12.1. The predicted molar refractivity (Wildman–Crippen MR) is 144 cm³/mol. The fraction of sp³-hybridized carbons (Fsp3) is 0.281. The predicted octanol–water partition coefficient (Wildman–Crippen LogP) is 8.69. The van der Waals surface area contributed by atoms with E-state index in [0.717, 1.165) is 12.1 Å². The van der Waals surface area contributed by atoms with Crippen LogP contribution in [0.3, 0.4) is 0 Å². The highest BCUT2D eigenvalue weighted by molar-refractivity contribution is 5.85. The first-order valence-electron chi connectivity index (χ1n) is 12.1. The molecule has 0 amide bonds. The molecule has 4 rings (SSSR count). The summed E-state index contributed by atoms with van der Waals surface area (Å²) < 4.78 is 0. The first kappa shape index (κ1) is 24.5. The van der Waals surface area contributed by atoms with E-state index in [1.54, 1.807) is 5.57 Å². The summed E-state index contributed by atoms with van der Waals surface area (Å²) in [5.41, 5.74) is 13.1. The zero-order chi connectivity index (χ0) is 23.8. The summed E-state index contributed by atoms with van der Waals surface area (Å²) in [4.78, 5) is 4.54. The second kappa shape index (κ2) is 11.6. The molecule has 1 nitrogen and oxygen atoms in total. The Morgan fingerprint density at radius 3 is 2.42 bits per heavy atom. The SMILES string of the molecule is C=C/C(C)=C(/c1ccc(C)cc1C)c1cccnc1CC.CCC1=Cc2ccccc2CC1. The van der Waals surface area contributed by atoms with Crippen molar-refractivity contribution in [3.05, 3.63) is 124 Å². The van der Waals surface area contributed by atoms with Gasteiger partial charge in [0.25, 0.3) is 0 Å². The van der Waals surface area contributed by atoms with Gasteiger partial charge in [0.05, 0.1) is 0 Å². The Balaban J connectivity index is 0.000000215. The van der Waals surface area contributed by atoms with Crippen LogP contribution in [-0.4, -0.2) is 4.98 Å². The van der Waals surface area contributed by atoms with E-state index in [4.69, 9.17) is 0 Å². The highest BCUT2D eigenvalue weighted by Gasteiger charge is 2.14.